The predicted molar refractivity (Wildman–Crippen MR) is 57.2 cm³/mol. The molecule has 3 nitrogen and oxygen atoms in total. The van der Waals surface area contributed by atoms with Crippen LogP contribution in [0.2, 0.25) is 0 Å². The van der Waals surface area contributed by atoms with E-state index in [0.717, 1.165) is 4.47 Å². The van der Waals surface area contributed by atoms with Crippen molar-refractivity contribution >= 4 is 32.5 Å². The van der Waals surface area contributed by atoms with Gasteiger partial charge in [-0.2, -0.15) is 0 Å². The van der Waals surface area contributed by atoms with E-state index in [2.05, 4.69) is 26.3 Å². The number of aromatic nitrogens is 1. The number of anilines is 1. The summed E-state index contributed by atoms with van der Waals surface area (Å²) < 4.78 is 14.2. The molecule has 5 heteroatoms. The SMILES string of the molecule is NNc1ccnc2c(Br)ccc(F)c12. The van der Waals surface area contributed by atoms with Gasteiger partial charge in [-0.25, -0.2) is 4.39 Å². The lowest BCUT2D eigenvalue weighted by Gasteiger charge is -2.06. The Morgan fingerprint density at radius 3 is 2.86 bits per heavy atom. The molecule has 0 bridgehead atoms. The van der Waals surface area contributed by atoms with Crippen LogP contribution in [0.1, 0.15) is 0 Å². The number of hydrogen-bond acceptors (Lipinski definition) is 3. The Hall–Kier alpha value is -1.20. The zero-order chi connectivity index (χ0) is 10.1. The highest BCUT2D eigenvalue weighted by molar-refractivity contribution is 9.10. The summed E-state index contributed by atoms with van der Waals surface area (Å²) >= 11 is 3.30. The molecule has 0 saturated carbocycles. The number of nitrogens with zero attached hydrogens (tertiary/aromatic N) is 1. The molecule has 1 heterocycles. The van der Waals surface area contributed by atoms with Crippen molar-refractivity contribution in [1.29, 1.82) is 0 Å². The largest absolute Gasteiger partial charge is 0.323 e. The lowest BCUT2D eigenvalue weighted by atomic mass is 10.2. The Bertz CT molecular complexity index is 487. The number of fused-ring (bicyclic) bond motifs is 1. The number of hydrogen-bond donors (Lipinski definition) is 2. The van der Waals surface area contributed by atoms with Crippen LogP contribution >= 0.6 is 15.9 Å². The molecule has 0 fully saturated rings. The second kappa shape index (κ2) is 3.51. The molecular formula is C9H7BrFN3. The highest BCUT2D eigenvalue weighted by Crippen LogP contribution is 2.29. The smallest absolute Gasteiger partial charge is 0.134 e. The van der Waals surface area contributed by atoms with E-state index in [1.807, 2.05) is 0 Å². The molecule has 1 aromatic carbocycles. The van der Waals surface area contributed by atoms with Crippen molar-refractivity contribution in [3.8, 4) is 0 Å². The maximum absolute atomic E-state index is 13.5. The molecular weight excluding hydrogens is 249 g/mol. The van der Waals surface area contributed by atoms with Crippen molar-refractivity contribution < 1.29 is 4.39 Å². The Morgan fingerprint density at radius 1 is 1.36 bits per heavy atom. The number of benzene rings is 1. The molecule has 3 N–H and O–H groups in total. The van der Waals surface area contributed by atoms with Gasteiger partial charge in [0.25, 0.3) is 0 Å². The fourth-order valence-corrected chi connectivity index (χ4v) is 1.75. The summed E-state index contributed by atoms with van der Waals surface area (Å²) in [6.07, 6.45) is 1.57. The zero-order valence-corrected chi connectivity index (χ0v) is 8.68. The second-order valence-electron chi connectivity index (χ2n) is 2.76. The van der Waals surface area contributed by atoms with Gasteiger partial charge in [0.15, 0.2) is 0 Å². The number of nitrogens with two attached hydrogens (primary N) is 1. The van der Waals surface area contributed by atoms with Crippen molar-refractivity contribution in [2.75, 3.05) is 5.43 Å². The van der Waals surface area contributed by atoms with Crippen LogP contribution in [0.15, 0.2) is 28.9 Å². The fourth-order valence-electron chi connectivity index (χ4n) is 1.31. The predicted octanol–water partition coefficient (Wildman–Crippen LogP) is 2.42. The molecule has 0 saturated heterocycles. The van der Waals surface area contributed by atoms with Crippen LogP contribution in [0.5, 0.6) is 0 Å². The monoisotopic (exact) mass is 255 g/mol. The molecule has 0 atom stereocenters. The number of rotatable bonds is 1. The molecule has 0 aliphatic carbocycles. The highest BCUT2D eigenvalue weighted by Gasteiger charge is 2.08. The molecule has 0 aliphatic heterocycles. The molecule has 0 radical (unpaired) electrons. The minimum atomic E-state index is -0.343. The minimum Gasteiger partial charge on any atom is -0.323 e. The van der Waals surface area contributed by atoms with Gasteiger partial charge in [-0.3, -0.25) is 10.8 Å². The number of nitrogens with one attached hydrogen (secondary N) is 1. The summed E-state index contributed by atoms with van der Waals surface area (Å²) in [6.45, 7) is 0. The van der Waals surface area contributed by atoms with Gasteiger partial charge in [-0.15, -0.1) is 0 Å². The summed E-state index contributed by atoms with van der Waals surface area (Å²) in [6, 6.07) is 4.61. The van der Waals surface area contributed by atoms with Gasteiger partial charge in [0.1, 0.15) is 5.82 Å². The van der Waals surface area contributed by atoms with Gasteiger partial charge in [0.2, 0.25) is 0 Å². The fraction of sp³-hybridized carbons (Fsp3) is 0. The number of nitrogen functional groups attached to an aromatic ring is 1. The van der Waals surface area contributed by atoms with E-state index >= 15 is 0 Å². The van der Waals surface area contributed by atoms with E-state index in [4.69, 9.17) is 5.84 Å². The molecule has 0 spiro atoms. The van der Waals surface area contributed by atoms with E-state index in [-0.39, 0.29) is 5.82 Å². The van der Waals surface area contributed by atoms with Gasteiger partial charge >= 0.3 is 0 Å². The summed E-state index contributed by atoms with van der Waals surface area (Å²) in [5, 5.41) is 0.393. The Balaban J connectivity index is 2.92. The molecule has 0 aliphatic rings. The number of hydrazine groups is 1. The summed E-state index contributed by atoms with van der Waals surface area (Å²) in [5.41, 5.74) is 3.52. The maximum atomic E-state index is 13.5. The van der Waals surface area contributed by atoms with E-state index in [1.54, 1.807) is 18.3 Å². The third-order valence-electron chi connectivity index (χ3n) is 1.95. The van der Waals surface area contributed by atoms with E-state index < -0.39 is 0 Å². The lowest BCUT2D eigenvalue weighted by Crippen LogP contribution is -2.07. The standard InChI is InChI=1S/C9H7BrFN3/c10-5-1-2-6(11)8-7(14-12)3-4-13-9(5)8/h1-4H,12H2,(H,13,14). The molecule has 2 aromatic rings. The molecule has 0 amide bonds. The van der Waals surface area contributed by atoms with Crippen molar-refractivity contribution in [2.45, 2.75) is 0 Å². The number of halogens is 2. The first-order chi connectivity index (χ1) is 6.74. The van der Waals surface area contributed by atoms with Crippen molar-refractivity contribution in [3.05, 3.63) is 34.7 Å². The van der Waals surface area contributed by atoms with Gasteiger partial charge < -0.3 is 5.43 Å². The first kappa shape index (κ1) is 9.36. The highest BCUT2D eigenvalue weighted by atomic mass is 79.9. The molecule has 14 heavy (non-hydrogen) atoms. The summed E-state index contributed by atoms with van der Waals surface area (Å²) in [7, 11) is 0. The topological polar surface area (TPSA) is 50.9 Å². The van der Waals surface area contributed by atoms with Gasteiger partial charge in [-0.05, 0) is 34.1 Å². The Kier molecular flexibility index (Phi) is 2.35. The third kappa shape index (κ3) is 1.34. The third-order valence-corrected chi connectivity index (χ3v) is 2.59. The van der Waals surface area contributed by atoms with E-state index in [0.29, 0.717) is 16.6 Å². The van der Waals surface area contributed by atoms with Crippen LogP contribution in [0.3, 0.4) is 0 Å². The van der Waals surface area contributed by atoms with Crippen molar-refractivity contribution in [1.82, 2.24) is 4.98 Å². The first-order valence-electron chi connectivity index (χ1n) is 3.93. The van der Waals surface area contributed by atoms with Crippen molar-refractivity contribution in [3.63, 3.8) is 0 Å². The van der Waals surface area contributed by atoms with Crippen LogP contribution in [0, 0.1) is 5.82 Å². The first-order valence-corrected chi connectivity index (χ1v) is 4.72. The zero-order valence-electron chi connectivity index (χ0n) is 7.09. The maximum Gasteiger partial charge on any atom is 0.134 e. The normalized spacial score (nSPS) is 10.5. The second-order valence-corrected chi connectivity index (χ2v) is 3.61. The Labute approximate surface area is 88.2 Å². The molecule has 0 unspecified atom stereocenters. The van der Waals surface area contributed by atoms with Crippen LogP contribution in [0.25, 0.3) is 10.9 Å². The quantitative estimate of drug-likeness (QED) is 0.608. The van der Waals surface area contributed by atoms with Crippen LogP contribution in [-0.2, 0) is 0 Å². The summed E-state index contributed by atoms with van der Waals surface area (Å²) in [4.78, 5) is 4.07. The van der Waals surface area contributed by atoms with Gasteiger partial charge in [0.05, 0.1) is 16.6 Å². The van der Waals surface area contributed by atoms with Crippen molar-refractivity contribution in [2.24, 2.45) is 5.84 Å². The average Bonchev–Trinajstić information content (AvgIpc) is 2.23. The van der Waals surface area contributed by atoms with Crippen LogP contribution in [-0.4, -0.2) is 4.98 Å². The molecule has 72 valence electrons. The molecule has 2 rings (SSSR count). The average molecular weight is 256 g/mol. The number of pyridine rings is 1. The van der Waals surface area contributed by atoms with Gasteiger partial charge in [0, 0.05) is 10.7 Å². The molecule has 1 aromatic heterocycles. The minimum absolute atomic E-state index is 0.343. The van der Waals surface area contributed by atoms with E-state index in [1.165, 1.54) is 6.07 Å². The van der Waals surface area contributed by atoms with Crippen LogP contribution < -0.4 is 11.3 Å². The van der Waals surface area contributed by atoms with E-state index in [9.17, 15) is 4.39 Å². The lowest BCUT2D eigenvalue weighted by molar-refractivity contribution is 0.639. The van der Waals surface area contributed by atoms with Crippen LogP contribution in [0.4, 0.5) is 10.1 Å². The summed E-state index contributed by atoms with van der Waals surface area (Å²) in [5.74, 6) is 4.93. The Morgan fingerprint density at radius 2 is 2.14 bits per heavy atom. The van der Waals surface area contributed by atoms with Gasteiger partial charge in [-0.1, -0.05) is 0 Å².